The van der Waals surface area contributed by atoms with Gasteiger partial charge in [-0.15, -0.1) is 5.10 Å². The van der Waals surface area contributed by atoms with Crippen LogP contribution in [-0.2, 0) is 24.5 Å². The zero-order valence-electron chi connectivity index (χ0n) is 15.2. The van der Waals surface area contributed by atoms with E-state index >= 15 is 0 Å². The number of amides is 1. The molecule has 0 aliphatic carbocycles. The fourth-order valence-electron chi connectivity index (χ4n) is 2.71. The van der Waals surface area contributed by atoms with Crippen LogP contribution in [0.3, 0.4) is 0 Å². The second-order valence-corrected chi connectivity index (χ2v) is 7.39. The zero-order valence-corrected chi connectivity index (χ0v) is 15.2. The topological polar surface area (TPSA) is 59.4 Å². The first-order chi connectivity index (χ1) is 11.9. The summed E-state index contributed by atoms with van der Waals surface area (Å²) in [6.45, 7) is 8.98. The van der Waals surface area contributed by atoms with Gasteiger partial charge in [-0.2, -0.15) is 0 Å². The lowest BCUT2D eigenvalue weighted by atomic mass is 10.1. The maximum absolute atomic E-state index is 12.4. The Hall–Kier alpha value is -2.34. The molecule has 1 aliphatic heterocycles. The van der Waals surface area contributed by atoms with Crippen molar-refractivity contribution in [2.75, 3.05) is 13.1 Å². The SMILES string of the molecule is CC(C)(C)NCC(=O)N1CCn2nc(OCc3ccccc3)cc2C1. The van der Waals surface area contributed by atoms with Gasteiger partial charge in [0.05, 0.1) is 25.3 Å². The van der Waals surface area contributed by atoms with Crippen molar-refractivity contribution in [1.29, 1.82) is 0 Å². The number of carbonyl (C=O) groups excluding carboxylic acids is 1. The first-order valence-corrected chi connectivity index (χ1v) is 8.67. The van der Waals surface area contributed by atoms with Gasteiger partial charge >= 0.3 is 0 Å². The number of ether oxygens (including phenoxy) is 1. The summed E-state index contributed by atoms with van der Waals surface area (Å²) in [4.78, 5) is 14.2. The van der Waals surface area contributed by atoms with Crippen LogP contribution in [0.1, 0.15) is 32.0 Å². The second kappa shape index (κ2) is 7.27. The molecule has 0 saturated heterocycles. The highest BCUT2D eigenvalue weighted by Crippen LogP contribution is 2.19. The first-order valence-electron chi connectivity index (χ1n) is 8.67. The van der Waals surface area contributed by atoms with E-state index in [1.165, 1.54) is 0 Å². The predicted octanol–water partition coefficient (Wildman–Crippen LogP) is 2.19. The molecule has 0 saturated carbocycles. The highest BCUT2D eigenvalue weighted by atomic mass is 16.5. The van der Waals surface area contributed by atoms with Crippen molar-refractivity contribution >= 4 is 5.91 Å². The number of aromatic nitrogens is 2. The molecule has 3 rings (SSSR count). The molecular formula is C19H26N4O2. The predicted molar refractivity (Wildman–Crippen MR) is 96.2 cm³/mol. The molecule has 134 valence electrons. The Labute approximate surface area is 148 Å². The fourth-order valence-corrected chi connectivity index (χ4v) is 2.71. The molecule has 1 amide bonds. The van der Waals surface area contributed by atoms with E-state index in [9.17, 15) is 4.79 Å². The number of nitrogens with one attached hydrogen (secondary N) is 1. The van der Waals surface area contributed by atoms with Crippen LogP contribution >= 0.6 is 0 Å². The summed E-state index contributed by atoms with van der Waals surface area (Å²) in [6, 6.07) is 12.0. The summed E-state index contributed by atoms with van der Waals surface area (Å²) in [7, 11) is 0. The Morgan fingerprint density at radius 1 is 1.24 bits per heavy atom. The summed E-state index contributed by atoms with van der Waals surface area (Å²) in [6.07, 6.45) is 0. The van der Waals surface area contributed by atoms with Gasteiger partial charge in [-0.3, -0.25) is 9.48 Å². The van der Waals surface area contributed by atoms with Crippen molar-refractivity contribution in [2.24, 2.45) is 0 Å². The molecule has 0 unspecified atom stereocenters. The van der Waals surface area contributed by atoms with E-state index in [-0.39, 0.29) is 11.4 Å². The zero-order chi connectivity index (χ0) is 17.9. The third kappa shape index (κ3) is 4.82. The Kier molecular flexibility index (Phi) is 5.08. The number of fused-ring (bicyclic) bond motifs is 1. The van der Waals surface area contributed by atoms with Crippen molar-refractivity contribution in [3.05, 3.63) is 47.7 Å². The number of rotatable bonds is 5. The molecule has 0 atom stereocenters. The van der Waals surface area contributed by atoms with E-state index in [1.54, 1.807) is 0 Å². The molecule has 1 aromatic heterocycles. The molecule has 1 aromatic carbocycles. The van der Waals surface area contributed by atoms with Gasteiger partial charge in [0.1, 0.15) is 6.61 Å². The Morgan fingerprint density at radius 3 is 2.72 bits per heavy atom. The van der Waals surface area contributed by atoms with Crippen LogP contribution in [0.4, 0.5) is 0 Å². The number of hydrogen-bond donors (Lipinski definition) is 1. The van der Waals surface area contributed by atoms with Crippen LogP contribution in [0, 0.1) is 0 Å². The molecule has 0 radical (unpaired) electrons. The molecule has 0 fully saturated rings. The summed E-state index contributed by atoms with van der Waals surface area (Å²) in [5, 5.41) is 7.73. The van der Waals surface area contributed by atoms with Crippen molar-refractivity contribution in [3.8, 4) is 5.88 Å². The molecule has 25 heavy (non-hydrogen) atoms. The summed E-state index contributed by atoms with van der Waals surface area (Å²) in [5.74, 6) is 0.732. The quantitative estimate of drug-likeness (QED) is 0.905. The third-order valence-electron chi connectivity index (χ3n) is 4.13. The minimum atomic E-state index is -0.0638. The molecule has 1 N–H and O–H groups in total. The van der Waals surface area contributed by atoms with E-state index in [4.69, 9.17) is 4.74 Å². The molecule has 0 spiro atoms. The van der Waals surface area contributed by atoms with Crippen LogP contribution in [0.2, 0.25) is 0 Å². The Morgan fingerprint density at radius 2 is 2.00 bits per heavy atom. The van der Waals surface area contributed by atoms with E-state index in [0.717, 1.165) is 11.3 Å². The standard InChI is InChI=1S/C19H26N4O2/c1-19(2,3)20-12-18(24)22-9-10-23-16(13-22)11-17(21-23)25-14-15-7-5-4-6-8-15/h4-8,11,20H,9-10,12-14H2,1-3H3. The lowest BCUT2D eigenvalue weighted by Gasteiger charge is -2.29. The van der Waals surface area contributed by atoms with Crippen molar-refractivity contribution < 1.29 is 9.53 Å². The van der Waals surface area contributed by atoms with Gasteiger partial charge < -0.3 is 15.0 Å². The molecule has 6 heteroatoms. The van der Waals surface area contributed by atoms with Gasteiger partial charge in [0.2, 0.25) is 11.8 Å². The summed E-state index contributed by atoms with van der Waals surface area (Å²) < 4.78 is 7.72. The van der Waals surface area contributed by atoms with Gasteiger partial charge in [0, 0.05) is 18.2 Å². The minimum Gasteiger partial charge on any atom is -0.472 e. The van der Waals surface area contributed by atoms with Crippen LogP contribution in [0.25, 0.3) is 0 Å². The van der Waals surface area contributed by atoms with Gasteiger partial charge in [-0.05, 0) is 26.3 Å². The average Bonchev–Trinajstić information content (AvgIpc) is 3.00. The average molecular weight is 342 g/mol. The molecule has 1 aliphatic rings. The second-order valence-electron chi connectivity index (χ2n) is 7.39. The van der Waals surface area contributed by atoms with Crippen LogP contribution in [0.5, 0.6) is 5.88 Å². The largest absolute Gasteiger partial charge is 0.472 e. The molecule has 2 aromatic rings. The maximum Gasteiger partial charge on any atom is 0.236 e. The minimum absolute atomic E-state index is 0.0638. The molecule has 2 heterocycles. The monoisotopic (exact) mass is 342 g/mol. The van der Waals surface area contributed by atoms with E-state index in [2.05, 4.69) is 31.2 Å². The highest BCUT2D eigenvalue weighted by Gasteiger charge is 2.23. The summed E-state index contributed by atoms with van der Waals surface area (Å²) >= 11 is 0. The fraction of sp³-hybridized carbons (Fsp3) is 0.474. The number of benzene rings is 1. The lowest BCUT2D eigenvalue weighted by Crippen LogP contribution is -2.47. The van der Waals surface area contributed by atoms with Crippen molar-refractivity contribution in [3.63, 3.8) is 0 Å². The van der Waals surface area contributed by atoms with Gasteiger partial charge in [0.15, 0.2) is 0 Å². The smallest absolute Gasteiger partial charge is 0.236 e. The maximum atomic E-state index is 12.4. The van der Waals surface area contributed by atoms with Gasteiger partial charge in [-0.25, -0.2) is 0 Å². The molecule has 0 bridgehead atoms. The number of hydrogen-bond acceptors (Lipinski definition) is 4. The Balaban J connectivity index is 1.56. The lowest BCUT2D eigenvalue weighted by molar-refractivity contribution is -0.132. The molecular weight excluding hydrogens is 316 g/mol. The van der Waals surface area contributed by atoms with Gasteiger partial charge in [-0.1, -0.05) is 30.3 Å². The summed E-state index contributed by atoms with van der Waals surface area (Å²) in [5.41, 5.74) is 2.06. The van der Waals surface area contributed by atoms with E-state index < -0.39 is 0 Å². The number of carbonyl (C=O) groups is 1. The molecule has 6 nitrogen and oxygen atoms in total. The van der Waals surface area contributed by atoms with Crippen LogP contribution in [-0.4, -0.2) is 39.2 Å². The van der Waals surface area contributed by atoms with Gasteiger partial charge in [0.25, 0.3) is 0 Å². The highest BCUT2D eigenvalue weighted by molar-refractivity contribution is 5.78. The number of nitrogens with zero attached hydrogens (tertiary/aromatic N) is 3. The first kappa shape index (κ1) is 17.5. The van der Waals surface area contributed by atoms with Crippen molar-refractivity contribution in [2.45, 2.75) is 46.0 Å². The van der Waals surface area contributed by atoms with Crippen LogP contribution < -0.4 is 10.1 Å². The van der Waals surface area contributed by atoms with E-state index in [0.29, 0.717) is 38.7 Å². The Bertz CT molecular complexity index is 719. The van der Waals surface area contributed by atoms with Crippen LogP contribution in [0.15, 0.2) is 36.4 Å². The normalized spacial score (nSPS) is 14.3. The van der Waals surface area contributed by atoms with Crippen molar-refractivity contribution in [1.82, 2.24) is 20.0 Å². The third-order valence-corrected chi connectivity index (χ3v) is 4.13. The van der Waals surface area contributed by atoms with E-state index in [1.807, 2.05) is 46.0 Å².